The molecular formula is C12H12N8O2. The van der Waals surface area contributed by atoms with Crippen LogP contribution in [0.25, 0.3) is 11.7 Å². The summed E-state index contributed by atoms with van der Waals surface area (Å²) < 4.78 is 1.52. The highest BCUT2D eigenvalue weighted by Gasteiger charge is 2.25. The van der Waals surface area contributed by atoms with Gasteiger partial charge in [-0.3, -0.25) is 10.1 Å². The van der Waals surface area contributed by atoms with E-state index in [2.05, 4.69) is 31.0 Å². The minimum Gasteiger partial charge on any atom is -0.368 e. The largest absolute Gasteiger partial charge is 0.368 e. The molecule has 112 valence electrons. The van der Waals surface area contributed by atoms with Crippen molar-refractivity contribution < 1.29 is 9.59 Å². The highest BCUT2D eigenvalue weighted by atomic mass is 16.2. The van der Waals surface area contributed by atoms with Crippen LogP contribution in [0, 0.1) is 0 Å². The smallest absolute Gasteiger partial charge is 0.326 e. The van der Waals surface area contributed by atoms with Crippen LogP contribution in [0.2, 0.25) is 0 Å². The van der Waals surface area contributed by atoms with Gasteiger partial charge in [-0.15, -0.1) is 0 Å². The first-order chi connectivity index (χ1) is 10.6. The Balaban J connectivity index is 1.79. The second-order valence-electron chi connectivity index (χ2n) is 5.13. The lowest BCUT2D eigenvalue weighted by Gasteiger charge is -2.06. The molecule has 2 aromatic heterocycles. The first-order valence-electron chi connectivity index (χ1n) is 6.72. The second kappa shape index (κ2) is 4.41. The molecule has 1 saturated heterocycles. The van der Waals surface area contributed by atoms with Gasteiger partial charge < -0.3 is 16.4 Å². The third-order valence-electron chi connectivity index (χ3n) is 3.34. The molecule has 2 fully saturated rings. The molecule has 0 bridgehead atoms. The predicted molar refractivity (Wildman–Crippen MR) is 76.5 cm³/mol. The van der Waals surface area contributed by atoms with Crippen LogP contribution < -0.4 is 21.7 Å². The summed E-state index contributed by atoms with van der Waals surface area (Å²) in [6, 6.07) is -0.179. The van der Waals surface area contributed by atoms with Gasteiger partial charge in [0.2, 0.25) is 11.9 Å². The zero-order valence-corrected chi connectivity index (χ0v) is 11.3. The topological polar surface area (TPSA) is 139 Å². The maximum atomic E-state index is 11.6. The fraction of sp³-hybridized carbons (Fsp3) is 0.250. The highest BCUT2D eigenvalue weighted by Crippen LogP contribution is 2.25. The fourth-order valence-electron chi connectivity index (χ4n) is 2.15. The van der Waals surface area contributed by atoms with E-state index < -0.39 is 11.9 Å². The van der Waals surface area contributed by atoms with Crippen LogP contribution >= 0.6 is 0 Å². The van der Waals surface area contributed by atoms with Crippen LogP contribution in [0.15, 0.2) is 11.9 Å². The van der Waals surface area contributed by atoms with Gasteiger partial charge in [0.15, 0.2) is 5.65 Å². The maximum Gasteiger partial charge on any atom is 0.326 e. The van der Waals surface area contributed by atoms with Crippen molar-refractivity contribution >= 4 is 35.6 Å². The summed E-state index contributed by atoms with van der Waals surface area (Å²) in [5.41, 5.74) is 6.88. The van der Waals surface area contributed by atoms with E-state index in [1.165, 1.54) is 16.8 Å². The lowest BCUT2D eigenvalue weighted by atomic mass is 10.2. The summed E-state index contributed by atoms with van der Waals surface area (Å²) in [7, 11) is 0. The third-order valence-corrected chi connectivity index (χ3v) is 3.34. The van der Waals surface area contributed by atoms with Crippen molar-refractivity contribution in [2.24, 2.45) is 0 Å². The zero-order chi connectivity index (χ0) is 15.3. The van der Waals surface area contributed by atoms with Crippen LogP contribution in [0.1, 0.15) is 18.4 Å². The van der Waals surface area contributed by atoms with E-state index in [4.69, 9.17) is 5.73 Å². The van der Waals surface area contributed by atoms with Gasteiger partial charge in [0, 0.05) is 11.6 Å². The number of hydrogen-bond acceptors (Lipinski definition) is 7. The summed E-state index contributed by atoms with van der Waals surface area (Å²) in [6.45, 7) is 0. The highest BCUT2D eigenvalue weighted by molar-refractivity contribution is 6.14. The Bertz CT molecular complexity index is 835. The molecule has 10 heteroatoms. The minimum atomic E-state index is -0.557. The monoisotopic (exact) mass is 300 g/mol. The number of amides is 3. The van der Waals surface area contributed by atoms with Gasteiger partial charge in [0.25, 0.3) is 5.91 Å². The number of carbonyl (C=O) groups is 2. The normalized spacial score (nSPS) is 19.5. The van der Waals surface area contributed by atoms with Crippen molar-refractivity contribution in [3.63, 3.8) is 0 Å². The fourth-order valence-corrected chi connectivity index (χ4v) is 2.15. The Morgan fingerprint density at radius 3 is 2.82 bits per heavy atom. The Morgan fingerprint density at radius 1 is 1.32 bits per heavy atom. The van der Waals surface area contributed by atoms with Crippen molar-refractivity contribution in [3.05, 3.63) is 17.5 Å². The lowest BCUT2D eigenvalue weighted by Crippen LogP contribution is -2.22. The third kappa shape index (κ3) is 2.10. The number of rotatable bonds is 3. The number of urea groups is 1. The second-order valence-corrected chi connectivity index (χ2v) is 5.13. The molecule has 2 aromatic rings. The Morgan fingerprint density at radius 2 is 2.14 bits per heavy atom. The van der Waals surface area contributed by atoms with Crippen LogP contribution in [0.3, 0.4) is 0 Å². The van der Waals surface area contributed by atoms with Crippen molar-refractivity contribution in [1.82, 2.24) is 30.2 Å². The van der Waals surface area contributed by atoms with Gasteiger partial charge >= 0.3 is 6.03 Å². The molecule has 0 unspecified atom stereocenters. The molecule has 3 heterocycles. The quantitative estimate of drug-likeness (QED) is 0.441. The van der Waals surface area contributed by atoms with Gasteiger partial charge in [-0.1, -0.05) is 0 Å². The predicted octanol–water partition coefficient (Wildman–Crippen LogP) is -0.539. The van der Waals surface area contributed by atoms with E-state index in [9.17, 15) is 9.59 Å². The first-order valence-corrected chi connectivity index (χ1v) is 6.72. The molecule has 5 N–H and O–H groups in total. The van der Waals surface area contributed by atoms with E-state index in [-0.39, 0.29) is 11.6 Å². The molecule has 0 atom stereocenters. The molecular weight excluding hydrogens is 288 g/mol. The minimum absolute atomic E-state index is 0.107. The summed E-state index contributed by atoms with van der Waals surface area (Å²) in [6.07, 6.45) is 5.19. The van der Waals surface area contributed by atoms with E-state index in [0.29, 0.717) is 23.2 Å². The number of aromatic nitrogens is 4. The average molecular weight is 300 g/mol. The summed E-state index contributed by atoms with van der Waals surface area (Å²) in [5, 5.41) is 12.0. The molecule has 10 nitrogen and oxygen atoms in total. The van der Waals surface area contributed by atoms with E-state index in [1.807, 2.05) is 0 Å². The summed E-state index contributed by atoms with van der Waals surface area (Å²) >= 11 is 0. The molecule has 22 heavy (non-hydrogen) atoms. The number of nitrogens with two attached hydrogens (primary N) is 1. The number of fused-ring (bicyclic) bond motifs is 1. The maximum absolute atomic E-state index is 11.6. The Hall–Kier alpha value is -3.17. The number of anilines is 2. The van der Waals surface area contributed by atoms with Crippen LogP contribution in [-0.4, -0.2) is 37.6 Å². The van der Waals surface area contributed by atoms with E-state index >= 15 is 0 Å². The molecule has 2 aliphatic rings. The van der Waals surface area contributed by atoms with E-state index in [1.54, 1.807) is 0 Å². The lowest BCUT2D eigenvalue weighted by molar-refractivity contribution is -0.115. The van der Waals surface area contributed by atoms with Crippen LogP contribution in [-0.2, 0) is 4.79 Å². The number of carbonyl (C=O) groups excluding carboxylic acids is 2. The van der Waals surface area contributed by atoms with Crippen LogP contribution in [0.5, 0.6) is 0 Å². The molecule has 1 aliphatic heterocycles. The average Bonchev–Trinajstić information content (AvgIpc) is 3.09. The van der Waals surface area contributed by atoms with Gasteiger partial charge in [-0.25, -0.2) is 4.79 Å². The molecule has 0 spiro atoms. The van der Waals surface area contributed by atoms with Crippen molar-refractivity contribution in [2.75, 3.05) is 11.1 Å². The van der Waals surface area contributed by atoms with Crippen molar-refractivity contribution in [3.8, 4) is 0 Å². The molecule has 1 saturated carbocycles. The molecule has 3 amide bonds. The summed E-state index contributed by atoms with van der Waals surface area (Å²) in [5.74, 6) is 0.118. The molecule has 0 radical (unpaired) electrons. The van der Waals surface area contributed by atoms with E-state index in [0.717, 1.165) is 12.8 Å². The van der Waals surface area contributed by atoms with Gasteiger partial charge in [-0.05, 0) is 18.9 Å². The van der Waals surface area contributed by atoms with Crippen molar-refractivity contribution in [1.29, 1.82) is 0 Å². The number of imide groups is 1. The number of nitrogen functional groups attached to an aromatic ring is 1. The zero-order valence-electron chi connectivity index (χ0n) is 11.3. The van der Waals surface area contributed by atoms with Gasteiger partial charge in [0.1, 0.15) is 5.70 Å². The SMILES string of the molecule is Nc1nc(NC2CC2)n2ncc(/C=C3\NC(=O)NC3=O)c2n1. The van der Waals surface area contributed by atoms with Crippen LogP contribution in [0.4, 0.5) is 16.7 Å². The Kier molecular flexibility index (Phi) is 2.52. The number of nitrogens with one attached hydrogen (secondary N) is 3. The first kappa shape index (κ1) is 12.6. The summed E-state index contributed by atoms with van der Waals surface area (Å²) in [4.78, 5) is 31.0. The van der Waals surface area contributed by atoms with Crippen molar-refractivity contribution in [2.45, 2.75) is 18.9 Å². The Labute approximate surface area is 123 Å². The molecule has 0 aromatic carbocycles. The van der Waals surface area contributed by atoms with Gasteiger partial charge in [0.05, 0.1) is 6.20 Å². The molecule has 1 aliphatic carbocycles. The number of nitrogens with zero attached hydrogens (tertiary/aromatic N) is 4. The van der Waals surface area contributed by atoms with Gasteiger partial charge in [-0.2, -0.15) is 19.6 Å². The standard InChI is InChI=1S/C12H12N8O2/c13-10-17-8-5(3-7-9(21)18-12(22)16-7)4-14-20(8)11(19-10)15-6-1-2-6/h3-4,6H,1-2H2,(H3,13,15,17,19)(H2,16,18,21,22)/b7-3-. The molecule has 4 rings (SSSR count). The number of hydrogen-bond donors (Lipinski definition) is 4.